The van der Waals surface area contributed by atoms with Crippen molar-refractivity contribution in [2.75, 3.05) is 19.6 Å². The third-order valence-corrected chi connectivity index (χ3v) is 4.98. The molecular weight excluding hydrogens is 216 g/mol. The molecule has 1 amide bonds. The van der Waals surface area contributed by atoms with Crippen molar-refractivity contribution >= 4 is 15.9 Å². The molecule has 1 rings (SSSR count). The molecule has 0 radical (unpaired) electrons. The van der Waals surface area contributed by atoms with Crippen LogP contribution in [0.5, 0.6) is 0 Å². The molecule has 6 heteroatoms. The van der Waals surface area contributed by atoms with Crippen LogP contribution in [0.25, 0.3) is 0 Å². The second-order valence-electron chi connectivity index (χ2n) is 4.62. The molecule has 1 heterocycles. The van der Waals surface area contributed by atoms with Crippen molar-refractivity contribution in [3.63, 3.8) is 0 Å². The molecule has 15 heavy (non-hydrogen) atoms. The maximum Gasteiger partial charge on any atom is 0.221 e. The van der Waals surface area contributed by atoms with E-state index < -0.39 is 14.8 Å². The second kappa shape index (κ2) is 4.09. The van der Waals surface area contributed by atoms with Gasteiger partial charge >= 0.3 is 0 Å². The molecule has 0 bridgehead atoms. The van der Waals surface area contributed by atoms with Crippen LogP contribution in [0.2, 0.25) is 0 Å². The molecular formula is C9H18N2O3S. The topological polar surface area (TPSA) is 66.5 Å². The van der Waals surface area contributed by atoms with E-state index in [0.29, 0.717) is 13.1 Å². The molecule has 88 valence electrons. The number of nitrogens with zero attached hydrogens (tertiary/aromatic N) is 1. The Morgan fingerprint density at radius 1 is 1.27 bits per heavy atom. The Labute approximate surface area is 90.9 Å². The Balaban J connectivity index is 2.84. The van der Waals surface area contributed by atoms with E-state index in [1.54, 1.807) is 20.8 Å². The Kier molecular flexibility index (Phi) is 3.40. The zero-order valence-corrected chi connectivity index (χ0v) is 10.2. The van der Waals surface area contributed by atoms with E-state index in [4.69, 9.17) is 0 Å². The molecule has 1 fully saturated rings. The largest absolute Gasteiger partial charge is 0.355 e. The van der Waals surface area contributed by atoms with Crippen LogP contribution in [0, 0.1) is 0 Å². The maximum absolute atomic E-state index is 12.1. The average molecular weight is 234 g/mol. The predicted molar refractivity (Wildman–Crippen MR) is 57.9 cm³/mol. The molecule has 1 aliphatic rings. The lowest BCUT2D eigenvalue weighted by Gasteiger charge is -2.28. The highest BCUT2D eigenvalue weighted by Crippen LogP contribution is 2.20. The fourth-order valence-electron chi connectivity index (χ4n) is 1.37. The van der Waals surface area contributed by atoms with Crippen LogP contribution < -0.4 is 5.32 Å². The van der Waals surface area contributed by atoms with Gasteiger partial charge in [-0.2, -0.15) is 4.31 Å². The molecule has 0 saturated carbocycles. The fourth-order valence-corrected chi connectivity index (χ4v) is 2.81. The summed E-state index contributed by atoms with van der Waals surface area (Å²) in [5.74, 6) is -0.0818. The summed E-state index contributed by atoms with van der Waals surface area (Å²) in [5, 5.41) is 2.65. The molecule has 0 aliphatic carbocycles. The Hall–Kier alpha value is -0.620. The van der Waals surface area contributed by atoms with E-state index in [2.05, 4.69) is 5.32 Å². The summed E-state index contributed by atoms with van der Waals surface area (Å²) >= 11 is 0. The van der Waals surface area contributed by atoms with E-state index in [-0.39, 0.29) is 18.9 Å². The predicted octanol–water partition coefficient (Wildman–Crippen LogP) is -0.0634. The van der Waals surface area contributed by atoms with Gasteiger partial charge < -0.3 is 5.32 Å². The summed E-state index contributed by atoms with van der Waals surface area (Å²) in [6.45, 7) is 6.05. The minimum atomic E-state index is -3.31. The lowest BCUT2D eigenvalue weighted by Crippen LogP contribution is -2.44. The molecule has 0 aromatic heterocycles. The third kappa shape index (κ3) is 2.69. The summed E-state index contributed by atoms with van der Waals surface area (Å²) in [7, 11) is -3.31. The summed E-state index contributed by atoms with van der Waals surface area (Å²) in [6.07, 6.45) is 0.245. The molecule has 1 aliphatic heterocycles. The van der Waals surface area contributed by atoms with E-state index >= 15 is 0 Å². The number of hydrogen-bond acceptors (Lipinski definition) is 3. The summed E-state index contributed by atoms with van der Waals surface area (Å²) in [4.78, 5) is 11.1. The number of carbonyl (C=O) groups is 1. The van der Waals surface area contributed by atoms with Gasteiger partial charge in [0.2, 0.25) is 15.9 Å². The van der Waals surface area contributed by atoms with E-state index in [1.165, 1.54) is 4.31 Å². The molecule has 1 saturated heterocycles. The summed E-state index contributed by atoms with van der Waals surface area (Å²) < 4.78 is 24.7. The van der Waals surface area contributed by atoms with Crippen molar-refractivity contribution in [3.8, 4) is 0 Å². The first-order valence-electron chi connectivity index (χ1n) is 5.01. The van der Waals surface area contributed by atoms with Crippen LogP contribution in [-0.2, 0) is 14.8 Å². The van der Waals surface area contributed by atoms with E-state index in [1.807, 2.05) is 0 Å². The number of sulfonamides is 1. The molecule has 5 nitrogen and oxygen atoms in total. The Morgan fingerprint density at radius 3 is 2.40 bits per heavy atom. The Morgan fingerprint density at radius 2 is 1.87 bits per heavy atom. The first-order valence-corrected chi connectivity index (χ1v) is 6.45. The third-order valence-electron chi connectivity index (χ3n) is 2.39. The second-order valence-corrected chi connectivity index (χ2v) is 7.31. The standard InChI is InChI=1S/C9H18N2O3S/c1-9(2,3)15(13,14)11-6-4-8(12)10-5-7-11/h4-7H2,1-3H3,(H,10,12). The lowest BCUT2D eigenvalue weighted by molar-refractivity contribution is -0.120. The first-order chi connectivity index (χ1) is 6.75. The van der Waals surface area contributed by atoms with Gasteiger partial charge in [-0.15, -0.1) is 0 Å². The van der Waals surface area contributed by atoms with Gasteiger partial charge in [-0.05, 0) is 20.8 Å². The molecule has 0 unspecified atom stereocenters. The van der Waals surface area contributed by atoms with Crippen molar-refractivity contribution in [2.45, 2.75) is 31.9 Å². The van der Waals surface area contributed by atoms with Crippen LogP contribution in [0.4, 0.5) is 0 Å². The van der Waals surface area contributed by atoms with Gasteiger partial charge in [-0.3, -0.25) is 4.79 Å². The number of nitrogens with one attached hydrogen (secondary N) is 1. The van der Waals surface area contributed by atoms with Crippen LogP contribution in [-0.4, -0.2) is 43.0 Å². The van der Waals surface area contributed by atoms with Crippen LogP contribution in [0.1, 0.15) is 27.2 Å². The van der Waals surface area contributed by atoms with Crippen LogP contribution in [0.15, 0.2) is 0 Å². The number of amides is 1. The Bertz CT molecular complexity index is 343. The average Bonchev–Trinajstić information content (AvgIpc) is 2.27. The normalized spacial score (nSPS) is 20.9. The van der Waals surface area contributed by atoms with Gasteiger partial charge in [-0.1, -0.05) is 0 Å². The van der Waals surface area contributed by atoms with Gasteiger partial charge in [0, 0.05) is 26.1 Å². The highest BCUT2D eigenvalue weighted by atomic mass is 32.2. The van der Waals surface area contributed by atoms with Gasteiger partial charge in [0.1, 0.15) is 0 Å². The molecule has 0 spiro atoms. The fraction of sp³-hybridized carbons (Fsp3) is 0.889. The van der Waals surface area contributed by atoms with E-state index in [9.17, 15) is 13.2 Å². The van der Waals surface area contributed by atoms with Gasteiger partial charge in [0.25, 0.3) is 0 Å². The minimum Gasteiger partial charge on any atom is -0.355 e. The van der Waals surface area contributed by atoms with Crippen LogP contribution in [0.3, 0.4) is 0 Å². The van der Waals surface area contributed by atoms with Gasteiger partial charge in [0.05, 0.1) is 4.75 Å². The zero-order valence-electron chi connectivity index (χ0n) is 9.41. The smallest absolute Gasteiger partial charge is 0.221 e. The minimum absolute atomic E-state index is 0.0818. The molecule has 1 N–H and O–H groups in total. The SMILES string of the molecule is CC(C)(C)S(=O)(=O)N1CCNC(=O)CC1. The highest BCUT2D eigenvalue weighted by molar-refractivity contribution is 7.90. The molecule has 0 aromatic carbocycles. The monoisotopic (exact) mass is 234 g/mol. The zero-order chi connectivity index (χ0) is 11.7. The molecule has 0 aromatic rings. The van der Waals surface area contributed by atoms with Crippen molar-refractivity contribution in [1.29, 1.82) is 0 Å². The lowest BCUT2D eigenvalue weighted by atomic mass is 10.3. The number of hydrogen-bond donors (Lipinski definition) is 1. The quantitative estimate of drug-likeness (QED) is 0.691. The van der Waals surface area contributed by atoms with Gasteiger partial charge in [0.15, 0.2) is 0 Å². The molecule has 0 atom stereocenters. The van der Waals surface area contributed by atoms with Crippen molar-refractivity contribution in [1.82, 2.24) is 9.62 Å². The highest BCUT2D eigenvalue weighted by Gasteiger charge is 2.35. The maximum atomic E-state index is 12.1. The number of carbonyl (C=O) groups excluding carboxylic acids is 1. The van der Waals surface area contributed by atoms with Crippen molar-refractivity contribution in [3.05, 3.63) is 0 Å². The van der Waals surface area contributed by atoms with Gasteiger partial charge in [-0.25, -0.2) is 8.42 Å². The number of rotatable bonds is 1. The summed E-state index contributed by atoms with van der Waals surface area (Å²) in [6, 6.07) is 0. The van der Waals surface area contributed by atoms with E-state index in [0.717, 1.165) is 0 Å². The van der Waals surface area contributed by atoms with Crippen molar-refractivity contribution in [2.24, 2.45) is 0 Å². The first kappa shape index (κ1) is 12.4. The van der Waals surface area contributed by atoms with Crippen LogP contribution >= 0.6 is 0 Å². The summed E-state index contributed by atoms with van der Waals surface area (Å²) in [5.41, 5.74) is 0. The van der Waals surface area contributed by atoms with Crippen molar-refractivity contribution < 1.29 is 13.2 Å².